The molecule has 0 spiro atoms. The summed E-state index contributed by atoms with van der Waals surface area (Å²) in [7, 11) is 0. The molecular weight excluding hydrogens is 328 g/mol. The summed E-state index contributed by atoms with van der Waals surface area (Å²) < 4.78 is 11.2. The first-order chi connectivity index (χ1) is 12.7. The van der Waals surface area contributed by atoms with E-state index in [-0.39, 0.29) is 25.1 Å². The molecule has 5 nitrogen and oxygen atoms in total. The van der Waals surface area contributed by atoms with E-state index in [0.29, 0.717) is 23.1 Å². The van der Waals surface area contributed by atoms with Crippen LogP contribution in [0.1, 0.15) is 37.7 Å². The van der Waals surface area contributed by atoms with Gasteiger partial charge in [0.25, 0.3) is 0 Å². The van der Waals surface area contributed by atoms with E-state index < -0.39 is 0 Å². The number of fused-ring (bicyclic) bond motifs is 3. The van der Waals surface area contributed by atoms with Crippen LogP contribution in [0.15, 0.2) is 30.5 Å². The Morgan fingerprint density at radius 3 is 2.69 bits per heavy atom. The topological polar surface area (TPSA) is 72.2 Å². The van der Waals surface area contributed by atoms with Crippen LogP contribution in [0.2, 0.25) is 0 Å². The number of carbonyl (C=O) groups is 1. The van der Waals surface area contributed by atoms with Gasteiger partial charge in [0.2, 0.25) is 0 Å². The van der Waals surface area contributed by atoms with E-state index in [0.717, 1.165) is 23.7 Å². The van der Waals surface area contributed by atoms with Crippen LogP contribution < -0.4 is 4.74 Å². The molecule has 0 saturated heterocycles. The van der Waals surface area contributed by atoms with Crippen LogP contribution in [0.3, 0.4) is 0 Å². The molecule has 4 rings (SSSR count). The van der Waals surface area contributed by atoms with Crippen molar-refractivity contribution in [2.75, 3.05) is 13.2 Å². The molecule has 2 atom stereocenters. The number of esters is 1. The van der Waals surface area contributed by atoms with Gasteiger partial charge in [0.05, 0.1) is 11.4 Å². The fourth-order valence-electron chi connectivity index (χ4n) is 4.46. The van der Waals surface area contributed by atoms with Gasteiger partial charge in [-0.1, -0.05) is 25.0 Å². The largest absolute Gasteiger partial charge is 0.488 e. The molecule has 2 fully saturated rings. The van der Waals surface area contributed by atoms with Crippen molar-refractivity contribution in [2.45, 2.75) is 32.1 Å². The Labute approximate surface area is 152 Å². The molecule has 1 aromatic heterocycles. The van der Waals surface area contributed by atoms with E-state index in [9.17, 15) is 10.1 Å². The maximum atomic E-state index is 12.3. The Bertz CT molecular complexity index is 846. The molecule has 2 unspecified atom stereocenters. The van der Waals surface area contributed by atoms with Crippen LogP contribution in [-0.4, -0.2) is 24.2 Å². The number of nitriles is 1. The molecule has 134 valence electrons. The van der Waals surface area contributed by atoms with Crippen molar-refractivity contribution in [3.8, 4) is 11.8 Å². The van der Waals surface area contributed by atoms with Crippen molar-refractivity contribution in [3.05, 3.63) is 36.0 Å². The standard InChI is InChI=1S/C21H22N2O3/c22-12-17-13-23-19-4-2-1-3-18(19)20(17)25-7-8-26-21(24)16-10-14-5-6-15(9-14)11-16/h1-4,13-16H,5-11H2. The van der Waals surface area contributed by atoms with E-state index in [2.05, 4.69) is 11.1 Å². The van der Waals surface area contributed by atoms with E-state index in [1.54, 1.807) is 0 Å². The molecule has 0 radical (unpaired) electrons. The van der Waals surface area contributed by atoms with Crippen molar-refractivity contribution in [3.63, 3.8) is 0 Å². The molecule has 0 amide bonds. The molecule has 0 aliphatic heterocycles. The van der Waals surface area contributed by atoms with E-state index in [1.165, 1.54) is 25.5 Å². The molecule has 2 aromatic rings. The van der Waals surface area contributed by atoms with Gasteiger partial charge < -0.3 is 9.47 Å². The highest BCUT2D eigenvalue weighted by atomic mass is 16.6. The number of benzene rings is 1. The average molecular weight is 350 g/mol. The van der Waals surface area contributed by atoms with Crippen LogP contribution in [0, 0.1) is 29.1 Å². The summed E-state index contributed by atoms with van der Waals surface area (Å²) in [5, 5.41) is 10.1. The van der Waals surface area contributed by atoms with Gasteiger partial charge in [0, 0.05) is 11.6 Å². The predicted octanol–water partition coefficient (Wildman–Crippen LogP) is 3.85. The van der Waals surface area contributed by atoms with Crippen molar-refractivity contribution in [1.82, 2.24) is 4.98 Å². The summed E-state index contributed by atoms with van der Waals surface area (Å²) in [6, 6.07) is 9.64. The van der Waals surface area contributed by atoms with Crippen molar-refractivity contribution in [1.29, 1.82) is 5.26 Å². The lowest BCUT2D eigenvalue weighted by atomic mass is 9.81. The highest BCUT2D eigenvalue weighted by molar-refractivity contribution is 5.87. The first-order valence-electron chi connectivity index (χ1n) is 9.32. The molecule has 1 heterocycles. The predicted molar refractivity (Wildman–Crippen MR) is 96.5 cm³/mol. The molecule has 2 saturated carbocycles. The van der Waals surface area contributed by atoms with Crippen molar-refractivity contribution < 1.29 is 14.3 Å². The third kappa shape index (κ3) is 3.37. The number of aromatic nitrogens is 1. The van der Waals surface area contributed by atoms with Gasteiger partial charge in [-0.15, -0.1) is 0 Å². The number of hydrogen-bond donors (Lipinski definition) is 0. The molecule has 1 aromatic carbocycles. The molecule has 26 heavy (non-hydrogen) atoms. The summed E-state index contributed by atoms with van der Waals surface area (Å²) in [6.45, 7) is 0.431. The van der Waals surface area contributed by atoms with E-state index in [1.807, 2.05) is 24.3 Å². The highest BCUT2D eigenvalue weighted by Gasteiger charge is 2.37. The SMILES string of the molecule is N#Cc1cnc2ccccc2c1OCCOC(=O)C1CC2CCC(C2)C1. The summed E-state index contributed by atoms with van der Waals surface area (Å²) in [6.07, 6.45) is 7.29. The lowest BCUT2D eigenvalue weighted by Gasteiger charge is -2.26. The second kappa shape index (κ2) is 7.33. The summed E-state index contributed by atoms with van der Waals surface area (Å²) in [5.41, 5.74) is 1.16. The normalized spacial score (nSPS) is 24.2. The van der Waals surface area contributed by atoms with Gasteiger partial charge in [-0.2, -0.15) is 5.26 Å². The molecule has 2 aliphatic rings. The van der Waals surface area contributed by atoms with Crippen molar-refractivity contribution in [2.24, 2.45) is 17.8 Å². The summed E-state index contributed by atoms with van der Waals surface area (Å²) in [5.74, 6) is 1.89. The minimum atomic E-state index is -0.0923. The molecular formula is C21H22N2O3. The maximum absolute atomic E-state index is 12.3. The number of nitrogens with zero attached hydrogens (tertiary/aromatic N) is 2. The first kappa shape index (κ1) is 16.8. The second-order valence-corrected chi connectivity index (χ2v) is 7.36. The Balaban J connectivity index is 1.34. The third-order valence-corrected chi connectivity index (χ3v) is 5.64. The Morgan fingerprint density at radius 1 is 1.15 bits per heavy atom. The lowest BCUT2D eigenvalue weighted by Crippen LogP contribution is -2.26. The molecule has 2 aliphatic carbocycles. The van der Waals surface area contributed by atoms with Gasteiger partial charge in [0.1, 0.15) is 30.6 Å². The summed E-state index contributed by atoms with van der Waals surface area (Å²) >= 11 is 0. The fourth-order valence-corrected chi connectivity index (χ4v) is 4.46. The van der Waals surface area contributed by atoms with Crippen LogP contribution >= 0.6 is 0 Å². The lowest BCUT2D eigenvalue weighted by molar-refractivity contribution is -0.151. The maximum Gasteiger partial charge on any atom is 0.309 e. The second-order valence-electron chi connectivity index (χ2n) is 7.36. The van der Waals surface area contributed by atoms with Crippen LogP contribution in [0.4, 0.5) is 0 Å². The molecule has 5 heteroatoms. The van der Waals surface area contributed by atoms with Crippen LogP contribution in [0.25, 0.3) is 10.9 Å². The first-order valence-corrected chi connectivity index (χ1v) is 9.32. The van der Waals surface area contributed by atoms with Crippen molar-refractivity contribution >= 4 is 16.9 Å². The fraction of sp³-hybridized carbons (Fsp3) is 0.476. The van der Waals surface area contributed by atoms with E-state index in [4.69, 9.17) is 9.47 Å². The number of ether oxygens (including phenoxy) is 2. The zero-order chi connectivity index (χ0) is 17.9. The minimum absolute atomic E-state index is 0.0534. The smallest absolute Gasteiger partial charge is 0.309 e. The Morgan fingerprint density at radius 2 is 1.92 bits per heavy atom. The minimum Gasteiger partial charge on any atom is -0.488 e. The molecule has 2 bridgehead atoms. The summed E-state index contributed by atoms with van der Waals surface area (Å²) in [4.78, 5) is 16.6. The Kier molecular flexibility index (Phi) is 4.75. The number of hydrogen-bond acceptors (Lipinski definition) is 5. The zero-order valence-electron chi connectivity index (χ0n) is 14.7. The number of rotatable bonds is 5. The number of pyridine rings is 1. The van der Waals surface area contributed by atoms with Gasteiger partial charge >= 0.3 is 5.97 Å². The quantitative estimate of drug-likeness (QED) is 0.605. The van der Waals surface area contributed by atoms with Gasteiger partial charge in [-0.3, -0.25) is 9.78 Å². The monoisotopic (exact) mass is 350 g/mol. The third-order valence-electron chi connectivity index (χ3n) is 5.64. The zero-order valence-corrected chi connectivity index (χ0v) is 14.7. The molecule has 0 N–H and O–H groups in total. The van der Waals surface area contributed by atoms with Crippen LogP contribution in [-0.2, 0) is 9.53 Å². The van der Waals surface area contributed by atoms with Crippen LogP contribution in [0.5, 0.6) is 5.75 Å². The van der Waals surface area contributed by atoms with E-state index >= 15 is 0 Å². The van der Waals surface area contributed by atoms with Gasteiger partial charge in [0.15, 0.2) is 0 Å². The Hall–Kier alpha value is -2.61. The van der Waals surface area contributed by atoms with Gasteiger partial charge in [-0.05, 0) is 43.2 Å². The highest BCUT2D eigenvalue weighted by Crippen LogP contribution is 2.44. The number of para-hydroxylation sites is 1. The average Bonchev–Trinajstić information content (AvgIpc) is 3.02. The number of carbonyl (C=O) groups excluding carboxylic acids is 1. The van der Waals surface area contributed by atoms with Gasteiger partial charge in [-0.25, -0.2) is 0 Å².